The first-order chi connectivity index (χ1) is 9.48. The Morgan fingerprint density at radius 1 is 1.15 bits per heavy atom. The number of nitrogens with zero attached hydrogens (tertiary/aromatic N) is 1. The van der Waals surface area contributed by atoms with Crippen LogP contribution in [0.2, 0.25) is 0 Å². The molecule has 2 rings (SSSR count). The van der Waals surface area contributed by atoms with Gasteiger partial charge in [-0.1, -0.05) is 6.07 Å². The van der Waals surface area contributed by atoms with Gasteiger partial charge in [-0.3, -0.25) is 4.90 Å². The highest BCUT2D eigenvalue weighted by atomic mass is 19.4. The average Bonchev–Trinajstić information content (AvgIpc) is 2.40. The Morgan fingerprint density at radius 2 is 1.85 bits per heavy atom. The van der Waals surface area contributed by atoms with Crippen LogP contribution < -0.4 is 0 Å². The van der Waals surface area contributed by atoms with Gasteiger partial charge in [-0.15, -0.1) is 0 Å². The molecule has 1 fully saturated rings. The molecule has 0 radical (unpaired) electrons. The van der Waals surface area contributed by atoms with Gasteiger partial charge in [-0.05, 0) is 31.5 Å². The van der Waals surface area contributed by atoms with Crippen LogP contribution in [0.5, 0.6) is 0 Å². The second-order valence-corrected chi connectivity index (χ2v) is 4.82. The maximum atomic E-state index is 13.6. The van der Waals surface area contributed by atoms with E-state index in [0.717, 1.165) is 31.3 Å². The summed E-state index contributed by atoms with van der Waals surface area (Å²) >= 11 is 0. The van der Waals surface area contributed by atoms with E-state index in [9.17, 15) is 17.6 Å². The van der Waals surface area contributed by atoms with Crippen LogP contribution in [0.3, 0.4) is 0 Å². The summed E-state index contributed by atoms with van der Waals surface area (Å²) in [6.07, 6.45) is -3.90. The highest BCUT2D eigenvalue weighted by molar-refractivity contribution is 5.31. The van der Waals surface area contributed by atoms with Crippen molar-refractivity contribution >= 4 is 0 Å². The van der Waals surface area contributed by atoms with Crippen molar-refractivity contribution in [3.05, 3.63) is 35.1 Å². The van der Waals surface area contributed by atoms with Gasteiger partial charge in [0.1, 0.15) is 5.82 Å². The molecule has 0 saturated carbocycles. The maximum Gasteiger partial charge on any atom is 0.416 e. The van der Waals surface area contributed by atoms with Gasteiger partial charge in [0.15, 0.2) is 0 Å². The summed E-state index contributed by atoms with van der Waals surface area (Å²) in [4.78, 5) is 2.12. The quantitative estimate of drug-likeness (QED) is 0.790. The van der Waals surface area contributed by atoms with E-state index >= 15 is 0 Å². The number of alkyl halides is 3. The molecule has 112 valence electrons. The number of halogens is 4. The highest BCUT2D eigenvalue weighted by Gasteiger charge is 2.34. The molecule has 0 aromatic heterocycles. The first-order valence-electron chi connectivity index (χ1n) is 6.63. The summed E-state index contributed by atoms with van der Waals surface area (Å²) in [7, 11) is 0. The van der Waals surface area contributed by atoms with Crippen LogP contribution in [0.25, 0.3) is 0 Å². The molecule has 1 aliphatic rings. The number of ether oxygens (including phenoxy) is 1. The minimum absolute atomic E-state index is 0.0961. The molecule has 1 saturated heterocycles. The fraction of sp³-hybridized carbons (Fsp3) is 0.571. The molecule has 0 N–H and O–H groups in total. The zero-order valence-corrected chi connectivity index (χ0v) is 11.0. The number of morpholine rings is 1. The molecule has 0 bridgehead atoms. The molecule has 0 unspecified atom stereocenters. The molecule has 0 atom stereocenters. The van der Waals surface area contributed by atoms with Gasteiger partial charge in [0.25, 0.3) is 0 Å². The SMILES string of the molecule is Fc1cccc(C(F)(F)F)c1CCCN1CCOCC1. The zero-order valence-electron chi connectivity index (χ0n) is 11.0. The van der Waals surface area contributed by atoms with Crippen LogP contribution in [0, 0.1) is 5.82 Å². The maximum absolute atomic E-state index is 13.6. The van der Waals surface area contributed by atoms with Gasteiger partial charge in [0.05, 0.1) is 18.8 Å². The highest BCUT2D eigenvalue weighted by Crippen LogP contribution is 2.33. The Hall–Kier alpha value is -1.14. The molecule has 6 heteroatoms. The average molecular weight is 291 g/mol. The van der Waals surface area contributed by atoms with Crippen LogP contribution in [0.1, 0.15) is 17.5 Å². The summed E-state index contributed by atoms with van der Waals surface area (Å²) in [6, 6.07) is 3.12. The van der Waals surface area contributed by atoms with Crippen molar-refractivity contribution in [2.45, 2.75) is 19.0 Å². The van der Waals surface area contributed by atoms with E-state index in [-0.39, 0.29) is 12.0 Å². The summed E-state index contributed by atoms with van der Waals surface area (Å²) < 4.78 is 57.3. The smallest absolute Gasteiger partial charge is 0.379 e. The van der Waals surface area contributed by atoms with Gasteiger partial charge < -0.3 is 4.74 Å². The van der Waals surface area contributed by atoms with Crippen molar-refractivity contribution in [2.75, 3.05) is 32.8 Å². The van der Waals surface area contributed by atoms with E-state index in [4.69, 9.17) is 4.74 Å². The predicted octanol–water partition coefficient (Wildman–Crippen LogP) is 3.11. The van der Waals surface area contributed by atoms with Crippen LogP contribution >= 0.6 is 0 Å². The fourth-order valence-electron chi connectivity index (χ4n) is 2.38. The van der Waals surface area contributed by atoms with Gasteiger partial charge in [0, 0.05) is 18.7 Å². The van der Waals surface area contributed by atoms with Crippen LogP contribution in [0.15, 0.2) is 18.2 Å². The standard InChI is InChI=1S/C14H17F4NO/c15-13-5-1-4-12(14(16,17)18)11(13)3-2-6-19-7-9-20-10-8-19/h1,4-5H,2-3,6-10H2. The topological polar surface area (TPSA) is 12.5 Å². The van der Waals surface area contributed by atoms with E-state index in [1.807, 2.05) is 0 Å². The lowest BCUT2D eigenvalue weighted by Crippen LogP contribution is -2.37. The Balaban J connectivity index is 1.98. The molecule has 0 aliphatic carbocycles. The third kappa shape index (κ3) is 3.93. The molecule has 0 amide bonds. The molecule has 1 aromatic carbocycles. The molecule has 1 aromatic rings. The zero-order chi connectivity index (χ0) is 14.6. The third-order valence-corrected chi connectivity index (χ3v) is 3.43. The minimum atomic E-state index is -4.50. The van der Waals surface area contributed by atoms with Crippen molar-refractivity contribution < 1.29 is 22.3 Å². The second kappa shape index (κ2) is 6.54. The van der Waals surface area contributed by atoms with Gasteiger partial charge in [-0.25, -0.2) is 4.39 Å². The van der Waals surface area contributed by atoms with E-state index < -0.39 is 17.6 Å². The first-order valence-corrected chi connectivity index (χ1v) is 6.63. The minimum Gasteiger partial charge on any atom is -0.379 e. The molecular formula is C14H17F4NO. The first kappa shape index (κ1) is 15.3. The van der Waals surface area contributed by atoms with Gasteiger partial charge in [-0.2, -0.15) is 13.2 Å². The predicted molar refractivity (Wildman–Crippen MR) is 67.0 cm³/mol. The Morgan fingerprint density at radius 3 is 2.50 bits per heavy atom. The van der Waals surface area contributed by atoms with Crippen molar-refractivity contribution in [3.63, 3.8) is 0 Å². The monoisotopic (exact) mass is 291 g/mol. The van der Waals surface area contributed by atoms with Crippen LogP contribution in [0.4, 0.5) is 17.6 Å². The Bertz CT molecular complexity index is 441. The van der Waals surface area contributed by atoms with Crippen molar-refractivity contribution in [2.24, 2.45) is 0 Å². The summed E-state index contributed by atoms with van der Waals surface area (Å²) in [5.74, 6) is -0.776. The summed E-state index contributed by atoms with van der Waals surface area (Å²) in [6.45, 7) is 3.52. The fourth-order valence-corrected chi connectivity index (χ4v) is 2.38. The molecule has 1 heterocycles. The van der Waals surface area contributed by atoms with Crippen LogP contribution in [-0.2, 0) is 17.3 Å². The third-order valence-electron chi connectivity index (χ3n) is 3.43. The second-order valence-electron chi connectivity index (χ2n) is 4.82. The largest absolute Gasteiger partial charge is 0.416 e. The van der Waals surface area contributed by atoms with E-state index in [1.165, 1.54) is 0 Å². The number of hydrogen-bond acceptors (Lipinski definition) is 2. The number of hydrogen-bond donors (Lipinski definition) is 0. The van der Waals surface area contributed by atoms with Gasteiger partial charge >= 0.3 is 6.18 Å². The normalized spacial score (nSPS) is 17.4. The lowest BCUT2D eigenvalue weighted by molar-refractivity contribution is -0.138. The number of benzene rings is 1. The lowest BCUT2D eigenvalue weighted by Gasteiger charge is -2.26. The molecule has 0 spiro atoms. The molecule has 2 nitrogen and oxygen atoms in total. The van der Waals surface area contributed by atoms with E-state index in [0.29, 0.717) is 26.2 Å². The van der Waals surface area contributed by atoms with Gasteiger partial charge in [0.2, 0.25) is 0 Å². The molecule has 20 heavy (non-hydrogen) atoms. The van der Waals surface area contributed by atoms with E-state index in [2.05, 4.69) is 4.90 Å². The van der Waals surface area contributed by atoms with Crippen LogP contribution in [-0.4, -0.2) is 37.7 Å². The van der Waals surface area contributed by atoms with E-state index in [1.54, 1.807) is 0 Å². The molecule has 1 aliphatic heterocycles. The number of rotatable bonds is 4. The summed E-state index contributed by atoms with van der Waals surface area (Å²) in [5.41, 5.74) is -1.09. The lowest BCUT2D eigenvalue weighted by atomic mass is 10.0. The van der Waals surface area contributed by atoms with Crippen molar-refractivity contribution in [3.8, 4) is 0 Å². The molecular weight excluding hydrogens is 274 g/mol. The van der Waals surface area contributed by atoms with Crippen molar-refractivity contribution in [1.82, 2.24) is 4.90 Å². The summed E-state index contributed by atoms with van der Waals surface area (Å²) in [5, 5.41) is 0. The Labute approximate surface area is 115 Å². The Kier molecular flexibility index (Phi) is 4.99. The van der Waals surface area contributed by atoms with Crippen molar-refractivity contribution in [1.29, 1.82) is 0 Å².